The summed E-state index contributed by atoms with van der Waals surface area (Å²) in [5.41, 5.74) is 8.90. The van der Waals surface area contributed by atoms with E-state index in [1.54, 1.807) is 0 Å². The smallest absolute Gasteiger partial charge is 0.0456 e. The first kappa shape index (κ1) is 8.98. The van der Waals surface area contributed by atoms with Gasteiger partial charge in [0, 0.05) is 22.6 Å². The van der Waals surface area contributed by atoms with Gasteiger partial charge in [-0.05, 0) is 37.3 Å². The lowest BCUT2D eigenvalue weighted by molar-refractivity contribution is 0.610. The van der Waals surface area contributed by atoms with Gasteiger partial charge in [-0.25, -0.2) is 0 Å². The lowest BCUT2D eigenvalue weighted by Crippen LogP contribution is -2.21. The molecule has 1 aromatic heterocycles. The molecule has 3 rings (SSSR count). The quantitative estimate of drug-likeness (QED) is 0.785. The van der Waals surface area contributed by atoms with E-state index in [1.807, 2.05) is 0 Å². The zero-order valence-electron chi connectivity index (χ0n) is 8.79. The van der Waals surface area contributed by atoms with Crippen molar-refractivity contribution in [1.82, 2.24) is 4.98 Å². The summed E-state index contributed by atoms with van der Waals surface area (Å²) in [5.74, 6) is 0. The topological polar surface area (TPSA) is 41.8 Å². The van der Waals surface area contributed by atoms with Crippen molar-refractivity contribution in [3.63, 3.8) is 0 Å². The van der Waals surface area contributed by atoms with Crippen LogP contribution in [0.1, 0.15) is 24.8 Å². The largest absolute Gasteiger partial charge is 0.361 e. The Morgan fingerprint density at radius 2 is 2.07 bits per heavy atom. The van der Waals surface area contributed by atoms with Gasteiger partial charge in [0.2, 0.25) is 0 Å². The first-order valence-corrected chi connectivity index (χ1v) is 5.61. The Kier molecular flexibility index (Phi) is 1.86. The lowest BCUT2D eigenvalue weighted by Gasteiger charge is -2.06. The minimum Gasteiger partial charge on any atom is -0.361 e. The second kappa shape index (κ2) is 3.11. The van der Waals surface area contributed by atoms with Gasteiger partial charge < -0.3 is 10.7 Å². The number of aromatic amines is 1. The van der Waals surface area contributed by atoms with Gasteiger partial charge in [0.05, 0.1) is 0 Å². The van der Waals surface area contributed by atoms with Crippen LogP contribution in [0, 0.1) is 0 Å². The van der Waals surface area contributed by atoms with Crippen LogP contribution in [0.2, 0.25) is 0 Å². The Hall–Kier alpha value is -1.28. The predicted molar refractivity (Wildman–Crippen MR) is 62.8 cm³/mol. The van der Waals surface area contributed by atoms with Crippen molar-refractivity contribution in [2.75, 3.05) is 0 Å². The average Bonchev–Trinajstić information content (AvgIpc) is 2.86. The van der Waals surface area contributed by atoms with Crippen LogP contribution >= 0.6 is 0 Å². The predicted octanol–water partition coefficient (Wildman–Crippen LogP) is 2.59. The summed E-state index contributed by atoms with van der Waals surface area (Å²) in [6.45, 7) is 0. The average molecular weight is 200 g/mol. The van der Waals surface area contributed by atoms with Crippen molar-refractivity contribution in [2.45, 2.75) is 31.2 Å². The van der Waals surface area contributed by atoms with Crippen LogP contribution in [-0.2, 0) is 6.42 Å². The van der Waals surface area contributed by atoms with E-state index in [0.29, 0.717) is 0 Å². The lowest BCUT2D eigenvalue weighted by atomic mass is 10.0. The highest BCUT2D eigenvalue weighted by Gasteiger charge is 2.37. The van der Waals surface area contributed by atoms with Crippen LogP contribution in [0.4, 0.5) is 0 Å². The minimum atomic E-state index is 0.165. The highest BCUT2D eigenvalue weighted by Crippen LogP contribution is 2.37. The fraction of sp³-hybridized carbons (Fsp3) is 0.385. The third-order valence-corrected chi connectivity index (χ3v) is 3.46. The number of fused-ring (bicyclic) bond motifs is 1. The van der Waals surface area contributed by atoms with Gasteiger partial charge in [-0.3, -0.25) is 0 Å². The number of para-hydroxylation sites is 1. The van der Waals surface area contributed by atoms with Gasteiger partial charge in [-0.2, -0.15) is 0 Å². The summed E-state index contributed by atoms with van der Waals surface area (Å²) < 4.78 is 0. The van der Waals surface area contributed by atoms with Crippen LogP contribution in [-0.4, -0.2) is 10.5 Å². The molecular weight excluding hydrogens is 184 g/mol. The summed E-state index contributed by atoms with van der Waals surface area (Å²) in [4.78, 5) is 3.30. The van der Waals surface area contributed by atoms with E-state index in [-0.39, 0.29) is 5.54 Å². The van der Waals surface area contributed by atoms with E-state index in [1.165, 1.54) is 29.3 Å². The molecule has 3 N–H and O–H groups in total. The molecule has 1 heterocycles. The first-order chi connectivity index (χ1) is 7.27. The molecule has 0 spiro atoms. The fourth-order valence-electron chi connectivity index (χ4n) is 2.13. The number of aromatic nitrogens is 1. The summed E-state index contributed by atoms with van der Waals surface area (Å²) in [6.07, 6.45) is 6.75. The van der Waals surface area contributed by atoms with Crippen LogP contribution in [0.5, 0.6) is 0 Å². The Labute approximate surface area is 89.5 Å². The normalized spacial score (nSPS) is 18.2. The molecule has 2 nitrogen and oxygen atoms in total. The molecule has 1 aromatic carbocycles. The minimum absolute atomic E-state index is 0.165. The highest BCUT2D eigenvalue weighted by atomic mass is 14.8. The second-order valence-electron chi connectivity index (χ2n) is 4.72. The molecule has 0 aliphatic heterocycles. The molecule has 0 saturated heterocycles. The molecule has 0 atom stereocenters. The number of nitrogens with two attached hydrogens (primary N) is 1. The maximum Gasteiger partial charge on any atom is 0.0456 e. The van der Waals surface area contributed by atoms with E-state index < -0.39 is 0 Å². The fourth-order valence-corrected chi connectivity index (χ4v) is 2.13. The van der Waals surface area contributed by atoms with E-state index in [9.17, 15) is 0 Å². The van der Waals surface area contributed by atoms with Gasteiger partial charge in [0.1, 0.15) is 0 Å². The third-order valence-electron chi connectivity index (χ3n) is 3.46. The zero-order valence-corrected chi connectivity index (χ0v) is 8.79. The summed E-state index contributed by atoms with van der Waals surface area (Å²) in [6, 6.07) is 8.45. The van der Waals surface area contributed by atoms with Gasteiger partial charge in [-0.1, -0.05) is 18.2 Å². The number of nitrogens with one attached hydrogen (secondary N) is 1. The van der Waals surface area contributed by atoms with Crippen LogP contribution in [0.15, 0.2) is 30.5 Å². The molecule has 15 heavy (non-hydrogen) atoms. The van der Waals surface area contributed by atoms with E-state index in [4.69, 9.17) is 5.73 Å². The molecule has 1 fully saturated rings. The van der Waals surface area contributed by atoms with Gasteiger partial charge in [0.25, 0.3) is 0 Å². The number of benzene rings is 1. The van der Waals surface area contributed by atoms with E-state index in [0.717, 1.165) is 12.8 Å². The Balaban J connectivity index is 1.84. The van der Waals surface area contributed by atoms with Gasteiger partial charge in [-0.15, -0.1) is 0 Å². The second-order valence-corrected chi connectivity index (χ2v) is 4.72. The first-order valence-electron chi connectivity index (χ1n) is 5.61. The monoisotopic (exact) mass is 200 g/mol. The van der Waals surface area contributed by atoms with Crippen molar-refractivity contribution in [2.24, 2.45) is 5.73 Å². The summed E-state index contributed by atoms with van der Waals surface area (Å²) >= 11 is 0. The molecule has 1 aliphatic carbocycles. The van der Waals surface area contributed by atoms with E-state index >= 15 is 0 Å². The Morgan fingerprint density at radius 1 is 1.27 bits per heavy atom. The Bertz CT molecular complexity index is 480. The van der Waals surface area contributed by atoms with Crippen LogP contribution in [0.25, 0.3) is 10.9 Å². The molecule has 2 heteroatoms. The number of H-pyrrole nitrogens is 1. The zero-order chi connectivity index (χ0) is 10.3. The van der Waals surface area contributed by atoms with Crippen molar-refractivity contribution < 1.29 is 0 Å². The van der Waals surface area contributed by atoms with Gasteiger partial charge in [0.15, 0.2) is 0 Å². The molecule has 0 amide bonds. The van der Waals surface area contributed by atoms with Crippen molar-refractivity contribution >= 4 is 10.9 Å². The maximum absolute atomic E-state index is 6.10. The molecule has 1 saturated carbocycles. The summed E-state index contributed by atoms with van der Waals surface area (Å²) in [7, 11) is 0. The number of hydrogen-bond donors (Lipinski definition) is 2. The molecule has 78 valence electrons. The summed E-state index contributed by atoms with van der Waals surface area (Å²) in [5, 5.41) is 1.35. The number of aryl methyl sites for hydroxylation is 1. The SMILES string of the molecule is NC1(CCc2c[nH]c3ccccc23)CC1. The van der Waals surface area contributed by atoms with Crippen molar-refractivity contribution in [3.8, 4) is 0 Å². The number of hydrogen-bond acceptors (Lipinski definition) is 1. The number of rotatable bonds is 3. The van der Waals surface area contributed by atoms with Crippen LogP contribution < -0.4 is 5.73 Å². The molecule has 0 bridgehead atoms. The van der Waals surface area contributed by atoms with Gasteiger partial charge >= 0.3 is 0 Å². The van der Waals surface area contributed by atoms with Crippen molar-refractivity contribution in [3.05, 3.63) is 36.0 Å². The van der Waals surface area contributed by atoms with E-state index in [2.05, 4.69) is 35.4 Å². The highest BCUT2D eigenvalue weighted by molar-refractivity contribution is 5.83. The third kappa shape index (κ3) is 1.65. The Morgan fingerprint density at radius 3 is 2.87 bits per heavy atom. The van der Waals surface area contributed by atoms with Crippen molar-refractivity contribution in [1.29, 1.82) is 0 Å². The standard InChI is InChI=1S/C13H16N2/c14-13(7-8-13)6-5-10-9-15-12-4-2-1-3-11(10)12/h1-4,9,15H,5-8,14H2. The molecule has 0 unspecified atom stereocenters. The molecule has 0 radical (unpaired) electrons. The molecule has 1 aliphatic rings. The maximum atomic E-state index is 6.10. The molecule has 2 aromatic rings. The molecular formula is C13H16N2. The van der Waals surface area contributed by atoms with Crippen LogP contribution in [0.3, 0.4) is 0 Å².